The first-order chi connectivity index (χ1) is 9.28. The van der Waals surface area contributed by atoms with Crippen LogP contribution in [0.2, 0.25) is 0 Å². The lowest BCUT2D eigenvalue weighted by Crippen LogP contribution is -2.32. The molecule has 20 heavy (non-hydrogen) atoms. The SMILES string of the molecule is COc1ccc(CNC(=O)CC2CCNCC2)cc1.Cl. The highest BCUT2D eigenvalue weighted by atomic mass is 35.5. The third kappa shape index (κ3) is 5.39. The van der Waals surface area contributed by atoms with Gasteiger partial charge in [0.15, 0.2) is 0 Å². The maximum atomic E-state index is 11.9. The van der Waals surface area contributed by atoms with E-state index in [9.17, 15) is 4.79 Å². The highest BCUT2D eigenvalue weighted by Crippen LogP contribution is 2.16. The second kappa shape index (κ2) is 8.82. The standard InChI is InChI=1S/C15H22N2O2.ClH/c1-19-14-4-2-13(3-5-14)11-17-15(18)10-12-6-8-16-9-7-12;/h2-5,12,16H,6-11H2,1H3,(H,17,18);1H. The minimum absolute atomic E-state index is 0. The Morgan fingerprint density at radius 3 is 2.55 bits per heavy atom. The number of benzene rings is 1. The minimum Gasteiger partial charge on any atom is -0.497 e. The average molecular weight is 299 g/mol. The van der Waals surface area contributed by atoms with Gasteiger partial charge in [0.2, 0.25) is 5.91 Å². The van der Waals surface area contributed by atoms with Crippen molar-refractivity contribution in [3.05, 3.63) is 29.8 Å². The molecule has 1 heterocycles. The quantitative estimate of drug-likeness (QED) is 0.875. The summed E-state index contributed by atoms with van der Waals surface area (Å²) in [5.41, 5.74) is 1.10. The van der Waals surface area contributed by atoms with E-state index in [-0.39, 0.29) is 18.3 Å². The lowest BCUT2D eigenvalue weighted by molar-refractivity contribution is -0.122. The molecular weight excluding hydrogens is 276 g/mol. The van der Waals surface area contributed by atoms with E-state index in [0.29, 0.717) is 18.9 Å². The van der Waals surface area contributed by atoms with Gasteiger partial charge in [-0.05, 0) is 49.5 Å². The summed E-state index contributed by atoms with van der Waals surface area (Å²) in [4.78, 5) is 11.9. The van der Waals surface area contributed by atoms with Crippen LogP contribution in [0.25, 0.3) is 0 Å². The van der Waals surface area contributed by atoms with Gasteiger partial charge in [0, 0.05) is 13.0 Å². The lowest BCUT2D eigenvalue weighted by atomic mass is 9.94. The second-order valence-electron chi connectivity index (χ2n) is 5.02. The van der Waals surface area contributed by atoms with Crippen molar-refractivity contribution in [1.29, 1.82) is 0 Å². The maximum absolute atomic E-state index is 11.9. The molecule has 1 amide bonds. The molecule has 1 fully saturated rings. The first-order valence-electron chi connectivity index (χ1n) is 6.88. The molecule has 0 saturated carbocycles. The zero-order chi connectivity index (χ0) is 13.5. The lowest BCUT2D eigenvalue weighted by Gasteiger charge is -2.21. The van der Waals surface area contributed by atoms with E-state index >= 15 is 0 Å². The van der Waals surface area contributed by atoms with Crippen LogP contribution in [-0.2, 0) is 11.3 Å². The monoisotopic (exact) mass is 298 g/mol. The van der Waals surface area contributed by atoms with E-state index in [2.05, 4.69) is 10.6 Å². The molecule has 0 radical (unpaired) electrons. The van der Waals surface area contributed by atoms with Gasteiger partial charge in [0.1, 0.15) is 5.75 Å². The van der Waals surface area contributed by atoms with Gasteiger partial charge in [-0.25, -0.2) is 0 Å². The number of carbonyl (C=O) groups is 1. The van der Waals surface area contributed by atoms with E-state index in [4.69, 9.17) is 4.74 Å². The first kappa shape index (κ1) is 16.8. The summed E-state index contributed by atoms with van der Waals surface area (Å²) in [5, 5.41) is 6.30. The van der Waals surface area contributed by atoms with Crippen LogP contribution in [0.4, 0.5) is 0 Å². The van der Waals surface area contributed by atoms with E-state index in [1.165, 1.54) is 0 Å². The van der Waals surface area contributed by atoms with Crippen molar-refractivity contribution in [3.8, 4) is 5.75 Å². The summed E-state index contributed by atoms with van der Waals surface area (Å²) < 4.78 is 5.10. The van der Waals surface area contributed by atoms with E-state index in [0.717, 1.165) is 37.2 Å². The summed E-state index contributed by atoms with van der Waals surface area (Å²) in [6.07, 6.45) is 2.86. The molecule has 5 heteroatoms. The van der Waals surface area contributed by atoms with Gasteiger partial charge >= 0.3 is 0 Å². The minimum atomic E-state index is 0. The fourth-order valence-corrected chi connectivity index (χ4v) is 2.36. The third-order valence-electron chi connectivity index (χ3n) is 3.58. The Balaban J connectivity index is 0.00000200. The number of hydrogen-bond acceptors (Lipinski definition) is 3. The fraction of sp³-hybridized carbons (Fsp3) is 0.533. The summed E-state index contributed by atoms with van der Waals surface area (Å²) in [6.45, 7) is 2.67. The molecule has 0 bridgehead atoms. The van der Waals surface area contributed by atoms with Crippen LogP contribution in [0.15, 0.2) is 24.3 Å². The van der Waals surface area contributed by atoms with Gasteiger partial charge < -0.3 is 15.4 Å². The predicted molar refractivity (Wildman–Crippen MR) is 82.3 cm³/mol. The molecule has 1 aromatic carbocycles. The topological polar surface area (TPSA) is 50.4 Å². The third-order valence-corrected chi connectivity index (χ3v) is 3.58. The van der Waals surface area contributed by atoms with Crippen LogP contribution in [0.3, 0.4) is 0 Å². The number of rotatable bonds is 5. The molecule has 112 valence electrons. The number of nitrogens with one attached hydrogen (secondary N) is 2. The van der Waals surface area contributed by atoms with Crippen molar-refractivity contribution in [1.82, 2.24) is 10.6 Å². The van der Waals surface area contributed by atoms with Crippen molar-refractivity contribution in [2.24, 2.45) is 5.92 Å². The molecule has 1 aromatic rings. The summed E-state index contributed by atoms with van der Waals surface area (Å²) in [5.74, 6) is 1.53. The van der Waals surface area contributed by atoms with Gasteiger partial charge in [0.05, 0.1) is 7.11 Å². The predicted octanol–water partition coefficient (Wildman–Crippen LogP) is 2.12. The van der Waals surface area contributed by atoms with Crippen LogP contribution in [0, 0.1) is 5.92 Å². The Labute approximate surface area is 126 Å². The zero-order valence-electron chi connectivity index (χ0n) is 11.9. The van der Waals surface area contributed by atoms with E-state index in [1.54, 1.807) is 7.11 Å². The maximum Gasteiger partial charge on any atom is 0.220 e. The van der Waals surface area contributed by atoms with Crippen LogP contribution >= 0.6 is 12.4 Å². The highest BCUT2D eigenvalue weighted by molar-refractivity contribution is 5.85. The first-order valence-corrected chi connectivity index (χ1v) is 6.88. The molecule has 2 rings (SSSR count). The van der Waals surface area contributed by atoms with Gasteiger partial charge in [0.25, 0.3) is 0 Å². The molecule has 4 nitrogen and oxygen atoms in total. The van der Waals surface area contributed by atoms with Crippen molar-refractivity contribution in [2.75, 3.05) is 20.2 Å². The highest BCUT2D eigenvalue weighted by Gasteiger charge is 2.16. The largest absolute Gasteiger partial charge is 0.497 e. The van der Waals surface area contributed by atoms with E-state index in [1.807, 2.05) is 24.3 Å². The van der Waals surface area contributed by atoms with Crippen LogP contribution < -0.4 is 15.4 Å². The van der Waals surface area contributed by atoms with Gasteiger partial charge in [-0.2, -0.15) is 0 Å². The molecule has 0 aromatic heterocycles. The molecule has 0 aliphatic carbocycles. The Hall–Kier alpha value is -1.26. The van der Waals surface area contributed by atoms with Crippen molar-refractivity contribution in [2.45, 2.75) is 25.8 Å². The van der Waals surface area contributed by atoms with Crippen LogP contribution in [-0.4, -0.2) is 26.1 Å². The van der Waals surface area contributed by atoms with Gasteiger partial charge in [-0.15, -0.1) is 12.4 Å². The molecular formula is C15H23ClN2O2. The molecule has 1 aliphatic heterocycles. The smallest absolute Gasteiger partial charge is 0.220 e. The summed E-state index contributed by atoms with van der Waals surface area (Å²) in [7, 11) is 1.65. The summed E-state index contributed by atoms with van der Waals surface area (Å²) >= 11 is 0. The van der Waals surface area contributed by atoms with Crippen molar-refractivity contribution in [3.63, 3.8) is 0 Å². The van der Waals surface area contributed by atoms with Gasteiger partial charge in [-0.1, -0.05) is 12.1 Å². The van der Waals surface area contributed by atoms with Crippen molar-refractivity contribution >= 4 is 18.3 Å². The second-order valence-corrected chi connectivity index (χ2v) is 5.02. The molecule has 2 N–H and O–H groups in total. The zero-order valence-corrected chi connectivity index (χ0v) is 12.7. The molecule has 1 saturated heterocycles. The fourth-order valence-electron chi connectivity index (χ4n) is 2.36. The number of methoxy groups -OCH3 is 1. The number of halogens is 1. The van der Waals surface area contributed by atoms with E-state index < -0.39 is 0 Å². The number of piperidine rings is 1. The van der Waals surface area contributed by atoms with Crippen LogP contribution in [0.1, 0.15) is 24.8 Å². The number of amides is 1. The Morgan fingerprint density at radius 2 is 1.95 bits per heavy atom. The molecule has 1 aliphatic rings. The number of hydrogen-bond donors (Lipinski definition) is 2. The Morgan fingerprint density at radius 1 is 1.30 bits per heavy atom. The van der Waals surface area contributed by atoms with Gasteiger partial charge in [-0.3, -0.25) is 4.79 Å². The molecule has 0 spiro atoms. The normalized spacial score (nSPS) is 15.2. The molecule has 0 unspecified atom stereocenters. The number of carbonyl (C=O) groups excluding carboxylic acids is 1. The Kier molecular flexibility index (Phi) is 7.41. The average Bonchev–Trinajstić information content (AvgIpc) is 2.47. The Bertz CT molecular complexity index is 403. The van der Waals surface area contributed by atoms with Crippen LogP contribution in [0.5, 0.6) is 5.75 Å². The number of ether oxygens (including phenoxy) is 1. The molecule has 0 atom stereocenters. The summed E-state index contributed by atoms with van der Waals surface area (Å²) in [6, 6.07) is 7.77. The van der Waals surface area contributed by atoms with Crippen molar-refractivity contribution < 1.29 is 9.53 Å².